The summed E-state index contributed by atoms with van der Waals surface area (Å²) in [5.41, 5.74) is 0.340. The smallest absolute Gasteiger partial charge is 0.328 e. The first-order valence-electron chi connectivity index (χ1n) is 30.0. The number of hydrogen-bond donors (Lipinski definition) is 6. The fourth-order valence-electron chi connectivity index (χ4n) is 11.9. The number of methoxy groups -OCH3 is 4. The quantitative estimate of drug-likeness (QED) is 0.0343. The average molecular weight is 1230 g/mol. The van der Waals surface area contributed by atoms with E-state index in [4.69, 9.17) is 66.7 Å². The lowest BCUT2D eigenvalue weighted by Gasteiger charge is -2.54. The summed E-state index contributed by atoms with van der Waals surface area (Å²) in [5, 5.41) is 58.4. The van der Waals surface area contributed by atoms with E-state index in [1.165, 1.54) is 20.3 Å². The van der Waals surface area contributed by atoms with Gasteiger partial charge in [-0.1, -0.05) is 124 Å². The van der Waals surface area contributed by atoms with Crippen LogP contribution in [0.3, 0.4) is 0 Å². The van der Waals surface area contributed by atoms with E-state index in [2.05, 4.69) is 5.32 Å². The van der Waals surface area contributed by atoms with Crippen molar-refractivity contribution in [1.82, 2.24) is 5.32 Å². The second kappa shape index (κ2) is 33.8. The van der Waals surface area contributed by atoms with Gasteiger partial charge in [0.25, 0.3) is 0 Å². The summed E-state index contributed by atoms with van der Waals surface area (Å²) >= 11 is 0. The Kier molecular flexibility index (Phi) is 27.7. The Morgan fingerprint density at radius 2 is 1.36 bits per heavy atom. The summed E-state index contributed by atoms with van der Waals surface area (Å²) in [6.07, 6.45) is 7.81. The minimum atomic E-state index is -2.74. The number of allylic oxidation sites excluding steroid dienone is 9. The van der Waals surface area contributed by atoms with Gasteiger partial charge in [0, 0.05) is 78.1 Å². The standard InChI is InChI=1S/C65H95NO21/c1-13-14-18-29-51-64(7,8)62(84-53(70)32-43-26-19-17-20-27-43)61(72)65(74,87-51)44(63(73)66-31-24-23-25-38(2)58(78-12)39(3)47-33-45(67)46(83-47)28-21-15-16-22-30-52(68)69)37-79-54-35-49(76-10)59(41(5)81-54)86-56-36-50(77-11)60(42(6)82-56)85-55-34-48(75-9)57(71)40(4)80-55/h13-30,39-42,44-51,54-62,67,71-72,74H,31-37H2,1-12H3,(H,66,73)(H,68,69)/b14-13-,16-15+,24-23+,28-21+,29-18+,30-22+,38-25+/t39?,40-,41-,42-,44?,45-,46-,47-,48-,49-,50+,51+,54+,55-,56+,57+,58?,59+,60-,61-,62+,65-/m1/s1. The highest BCUT2D eigenvalue weighted by Crippen LogP contribution is 2.46. The van der Waals surface area contributed by atoms with Crippen LogP contribution in [0, 0.1) is 17.3 Å². The molecule has 486 valence electrons. The zero-order chi connectivity index (χ0) is 63.6. The van der Waals surface area contributed by atoms with Gasteiger partial charge in [-0.15, -0.1) is 0 Å². The van der Waals surface area contributed by atoms with Crippen LogP contribution in [-0.4, -0.2) is 207 Å². The number of rotatable bonds is 28. The van der Waals surface area contributed by atoms with Gasteiger partial charge in [-0.2, -0.15) is 0 Å². The molecule has 3 unspecified atom stereocenters. The highest BCUT2D eigenvalue weighted by atomic mass is 16.7. The van der Waals surface area contributed by atoms with Gasteiger partial charge in [-0.25, -0.2) is 4.79 Å². The fourth-order valence-corrected chi connectivity index (χ4v) is 11.9. The van der Waals surface area contributed by atoms with Crippen LogP contribution < -0.4 is 5.32 Å². The van der Waals surface area contributed by atoms with Crippen molar-refractivity contribution >= 4 is 17.8 Å². The van der Waals surface area contributed by atoms with E-state index in [9.17, 15) is 34.8 Å². The SMILES string of the molecule is C/C=C\C=C\[C@@H]1O[C@](O)(C(CO[C@@H]2C[C@@H](OC)[C@@H](O[C@H]3C[C@H](OC)[C@H](O[C@@H]4C[C@@H](OC)[C@@H](O)[C@@H](C)O4)[C@@H](C)O3)[C@@H](C)O2)C(=O)NC/C=C/C=C(\C)C(OC)C(C)[C@H]2C[C@@H](O)[C@@H](/C=C/C=C/C=C/C(=O)O)O2)[C@H](O)[C@H](OC(=O)Cc2ccccc2)C1(C)C. The van der Waals surface area contributed by atoms with Crippen molar-refractivity contribution < 1.29 is 101 Å². The molecule has 0 bridgehead atoms. The molecule has 0 saturated carbocycles. The van der Waals surface area contributed by atoms with Crippen molar-refractivity contribution in [2.75, 3.05) is 41.6 Å². The zero-order valence-electron chi connectivity index (χ0n) is 52.2. The molecule has 6 N–H and O–H groups in total. The van der Waals surface area contributed by atoms with E-state index in [0.29, 0.717) is 18.4 Å². The topological polar surface area (TPSA) is 284 Å². The summed E-state index contributed by atoms with van der Waals surface area (Å²) in [6, 6.07) is 8.96. The molecular formula is C65H95NO21. The molecule has 0 radical (unpaired) electrons. The largest absolute Gasteiger partial charge is 0.478 e. The summed E-state index contributed by atoms with van der Waals surface area (Å²) in [6.45, 7) is 14.0. The van der Waals surface area contributed by atoms with Crippen molar-refractivity contribution in [3.63, 3.8) is 0 Å². The monoisotopic (exact) mass is 1230 g/mol. The molecule has 5 fully saturated rings. The molecule has 5 aliphatic heterocycles. The Morgan fingerprint density at radius 3 is 1.98 bits per heavy atom. The number of carboxylic acid groups (broad SMARTS) is 1. The first kappa shape index (κ1) is 71.2. The summed E-state index contributed by atoms with van der Waals surface area (Å²) in [5.74, 6) is -7.10. The number of aliphatic carboxylic acids is 1. The summed E-state index contributed by atoms with van der Waals surface area (Å²) in [7, 11) is 6.24. The second-order valence-corrected chi connectivity index (χ2v) is 23.5. The van der Waals surface area contributed by atoms with E-state index in [1.807, 2.05) is 39.8 Å². The molecule has 6 rings (SSSR count). The molecular weight excluding hydrogens is 1130 g/mol. The van der Waals surface area contributed by atoms with Crippen LogP contribution in [0.15, 0.2) is 115 Å². The van der Waals surface area contributed by atoms with E-state index in [0.717, 1.165) is 11.6 Å². The summed E-state index contributed by atoms with van der Waals surface area (Å²) in [4.78, 5) is 39.3. The van der Waals surface area contributed by atoms with Gasteiger partial charge in [-0.3, -0.25) is 9.59 Å². The maximum Gasteiger partial charge on any atom is 0.328 e. The van der Waals surface area contributed by atoms with Gasteiger partial charge < -0.3 is 92.4 Å². The third kappa shape index (κ3) is 19.1. The fraction of sp³-hybridized carbons (Fsp3) is 0.646. The predicted molar refractivity (Wildman–Crippen MR) is 318 cm³/mol. The lowest BCUT2D eigenvalue weighted by molar-refractivity contribution is -0.367. The Balaban J connectivity index is 1.18. The Labute approximate surface area is 512 Å². The first-order chi connectivity index (χ1) is 41.5. The van der Waals surface area contributed by atoms with Gasteiger partial charge in [0.1, 0.15) is 42.5 Å². The minimum absolute atomic E-state index is 0.0526. The Morgan fingerprint density at radius 1 is 0.759 bits per heavy atom. The lowest BCUT2D eigenvalue weighted by Crippen LogP contribution is -2.70. The second-order valence-electron chi connectivity index (χ2n) is 23.5. The van der Waals surface area contributed by atoms with Crippen LogP contribution >= 0.6 is 0 Å². The number of hydrogen-bond acceptors (Lipinski definition) is 20. The number of esters is 1. The molecule has 0 spiro atoms. The number of ether oxygens (including phenoxy) is 13. The van der Waals surface area contributed by atoms with Crippen molar-refractivity contribution in [1.29, 1.82) is 0 Å². The average Bonchev–Trinajstić information content (AvgIpc) is 1.46. The van der Waals surface area contributed by atoms with Gasteiger partial charge in [0.2, 0.25) is 11.7 Å². The highest BCUT2D eigenvalue weighted by molar-refractivity contribution is 5.80. The predicted octanol–water partition coefficient (Wildman–Crippen LogP) is 5.50. The molecule has 5 aliphatic rings. The number of nitrogens with one attached hydrogen (secondary N) is 1. The Hall–Kier alpha value is -4.83. The van der Waals surface area contributed by atoms with Crippen LogP contribution in [0.2, 0.25) is 0 Å². The van der Waals surface area contributed by atoms with Gasteiger partial charge in [-0.05, 0) is 45.8 Å². The molecule has 0 aromatic heterocycles. The van der Waals surface area contributed by atoms with Crippen molar-refractivity contribution in [3.05, 3.63) is 120 Å². The summed E-state index contributed by atoms with van der Waals surface area (Å²) < 4.78 is 80.4. The van der Waals surface area contributed by atoms with E-state index in [1.54, 1.807) is 127 Å². The molecule has 22 atom stereocenters. The van der Waals surface area contributed by atoms with Gasteiger partial charge in [0.05, 0.1) is 74.1 Å². The highest BCUT2D eigenvalue weighted by Gasteiger charge is 2.63. The molecule has 87 heavy (non-hydrogen) atoms. The first-order valence-corrected chi connectivity index (χ1v) is 30.0. The number of carboxylic acids is 1. The molecule has 1 aromatic carbocycles. The maximum atomic E-state index is 14.8. The van der Waals surface area contributed by atoms with Crippen LogP contribution in [-0.2, 0) is 82.4 Å². The lowest BCUT2D eigenvalue weighted by atomic mass is 9.71. The number of carbonyl (C=O) groups is 3. The Bertz CT molecular complexity index is 2530. The number of aliphatic hydroxyl groups is 4. The number of benzene rings is 1. The van der Waals surface area contributed by atoms with Gasteiger partial charge in [0.15, 0.2) is 18.9 Å². The molecule has 5 saturated heterocycles. The molecule has 1 aromatic rings. The maximum absolute atomic E-state index is 14.8. The van der Waals surface area contributed by atoms with Crippen molar-refractivity contribution in [2.45, 2.75) is 210 Å². The van der Waals surface area contributed by atoms with Crippen LogP contribution in [0.5, 0.6) is 0 Å². The third-order valence-corrected chi connectivity index (χ3v) is 16.9. The molecule has 5 heterocycles. The number of aliphatic hydroxyl groups excluding tert-OH is 3. The third-order valence-electron chi connectivity index (χ3n) is 16.9. The van der Waals surface area contributed by atoms with E-state index in [-0.39, 0.29) is 37.8 Å². The van der Waals surface area contributed by atoms with Crippen LogP contribution in [0.25, 0.3) is 0 Å². The van der Waals surface area contributed by atoms with E-state index >= 15 is 0 Å². The van der Waals surface area contributed by atoms with Crippen molar-refractivity contribution in [3.8, 4) is 0 Å². The van der Waals surface area contributed by atoms with E-state index < -0.39 is 152 Å². The molecule has 22 nitrogen and oxygen atoms in total. The normalized spacial score (nSPS) is 36.3. The van der Waals surface area contributed by atoms with Gasteiger partial charge >= 0.3 is 11.9 Å². The molecule has 22 heteroatoms. The molecule has 1 amide bonds. The van der Waals surface area contributed by atoms with Crippen molar-refractivity contribution in [2.24, 2.45) is 17.3 Å². The number of carbonyl (C=O) groups excluding carboxylic acids is 2. The van der Waals surface area contributed by atoms with Crippen LogP contribution in [0.4, 0.5) is 0 Å². The number of amides is 1. The van der Waals surface area contributed by atoms with Crippen LogP contribution in [0.1, 0.15) is 86.6 Å². The zero-order valence-corrected chi connectivity index (χ0v) is 52.2. The minimum Gasteiger partial charge on any atom is -0.478 e. The molecule has 0 aliphatic carbocycles.